The number of carbonyl (C=O) groups is 1. The molecule has 0 spiro atoms. The van der Waals surface area contributed by atoms with Crippen LogP contribution in [-0.4, -0.2) is 12.5 Å². The molecule has 0 unspecified atom stereocenters. The van der Waals surface area contributed by atoms with Crippen LogP contribution in [0.5, 0.6) is 0 Å². The molecule has 14 heavy (non-hydrogen) atoms. The molecule has 0 aliphatic carbocycles. The number of rotatable bonds is 3. The molecule has 0 fully saturated rings. The second-order valence-corrected chi connectivity index (χ2v) is 2.55. The van der Waals surface area contributed by atoms with E-state index >= 15 is 0 Å². The van der Waals surface area contributed by atoms with E-state index in [1.165, 1.54) is 12.1 Å². The standard InChI is InChI=1S/C10H9NO3/c1-2-3-6-11-10(13)8-4-5-9(12)14-7-8/h1,4-5,7H,3,6H2,(H,11,13). The lowest BCUT2D eigenvalue weighted by Gasteiger charge is -2.00. The van der Waals surface area contributed by atoms with E-state index in [9.17, 15) is 9.59 Å². The van der Waals surface area contributed by atoms with Crippen LogP contribution in [-0.2, 0) is 0 Å². The van der Waals surface area contributed by atoms with Gasteiger partial charge in [-0.05, 0) is 6.07 Å². The van der Waals surface area contributed by atoms with Gasteiger partial charge in [0.2, 0.25) is 0 Å². The van der Waals surface area contributed by atoms with Crippen LogP contribution in [0, 0.1) is 12.3 Å². The number of hydrogen-bond acceptors (Lipinski definition) is 3. The van der Waals surface area contributed by atoms with Crippen LogP contribution >= 0.6 is 0 Å². The summed E-state index contributed by atoms with van der Waals surface area (Å²) in [6.07, 6.45) is 6.61. The SMILES string of the molecule is C#CCCNC(=O)c1ccc(=O)oc1. The van der Waals surface area contributed by atoms with E-state index in [4.69, 9.17) is 6.42 Å². The van der Waals surface area contributed by atoms with E-state index in [0.717, 1.165) is 6.26 Å². The molecule has 1 amide bonds. The van der Waals surface area contributed by atoms with Crippen LogP contribution in [0.2, 0.25) is 0 Å². The molecule has 0 saturated carbocycles. The Morgan fingerprint density at radius 1 is 1.57 bits per heavy atom. The van der Waals surface area contributed by atoms with E-state index in [1.807, 2.05) is 0 Å². The van der Waals surface area contributed by atoms with Crippen molar-refractivity contribution in [2.75, 3.05) is 6.54 Å². The number of amides is 1. The number of terminal acetylenes is 1. The predicted molar refractivity (Wildman–Crippen MR) is 50.8 cm³/mol. The van der Waals surface area contributed by atoms with Crippen LogP contribution < -0.4 is 10.9 Å². The minimum atomic E-state index is -0.481. The van der Waals surface area contributed by atoms with E-state index in [-0.39, 0.29) is 5.91 Å². The van der Waals surface area contributed by atoms with Crippen LogP contribution in [0.25, 0.3) is 0 Å². The van der Waals surface area contributed by atoms with Crippen molar-refractivity contribution in [1.82, 2.24) is 5.32 Å². The van der Waals surface area contributed by atoms with Crippen LogP contribution in [0.4, 0.5) is 0 Å². The van der Waals surface area contributed by atoms with Gasteiger partial charge in [-0.15, -0.1) is 12.3 Å². The topological polar surface area (TPSA) is 59.3 Å². The highest BCUT2D eigenvalue weighted by molar-refractivity contribution is 5.93. The van der Waals surface area contributed by atoms with Crippen molar-refractivity contribution < 1.29 is 9.21 Å². The van der Waals surface area contributed by atoms with Gasteiger partial charge in [-0.25, -0.2) is 4.79 Å². The van der Waals surface area contributed by atoms with Gasteiger partial charge < -0.3 is 9.73 Å². The molecule has 4 heteroatoms. The molecule has 0 aliphatic heterocycles. The first kappa shape index (κ1) is 10.1. The quantitative estimate of drug-likeness (QED) is 0.555. The monoisotopic (exact) mass is 191 g/mol. The zero-order chi connectivity index (χ0) is 10.4. The molecule has 0 bridgehead atoms. The van der Waals surface area contributed by atoms with Gasteiger partial charge in [0.05, 0.1) is 5.56 Å². The largest absolute Gasteiger partial charge is 0.430 e. The fraction of sp³-hybridized carbons (Fsp3) is 0.200. The van der Waals surface area contributed by atoms with Gasteiger partial charge in [-0.2, -0.15) is 0 Å². The fourth-order valence-electron chi connectivity index (χ4n) is 0.837. The second-order valence-electron chi connectivity index (χ2n) is 2.55. The summed E-state index contributed by atoms with van der Waals surface area (Å²) in [4.78, 5) is 21.9. The van der Waals surface area contributed by atoms with Crippen molar-refractivity contribution >= 4 is 5.91 Å². The van der Waals surface area contributed by atoms with Crippen LogP contribution in [0.1, 0.15) is 16.8 Å². The summed E-state index contributed by atoms with van der Waals surface area (Å²) in [6.45, 7) is 0.411. The number of carbonyl (C=O) groups excluding carboxylic acids is 1. The van der Waals surface area contributed by atoms with Crippen molar-refractivity contribution in [2.45, 2.75) is 6.42 Å². The van der Waals surface area contributed by atoms with Gasteiger partial charge in [0.15, 0.2) is 0 Å². The summed E-state index contributed by atoms with van der Waals surface area (Å²) in [6, 6.07) is 2.59. The Bertz CT molecular complexity index is 394. The molecule has 72 valence electrons. The van der Waals surface area contributed by atoms with E-state index < -0.39 is 5.63 Å². The minimum absolute atomic E-state index is 0.302. The van der Waals surface area contributed by atoms with Gasteiger partial charge in [0, 0.05) is 19.0 Å². The lowest BCUT2D eigenvalue weighted by atomic mass is 10.3. The molecule has 1 rings (SSSR count). The molecule has 1 heterocycles. The zero-order valence-electron chi connectivity index (χ0n) is 7.45. The van der Waals surface area contributed by atoms with Crippen LogP contribution in [0.15, 0.2) is 27.6 Å². The van der Waals surface area contributed by atoms with Crippen molar-refractivity contribution in [3.63, 3.8) is 0 Å². The maximum absolute atomic E-state index is 11.3. The molecule has 0 radical (unpaired) electrons. The second kappa shape index (κ2) is 4.87. The van der Waals surface area contributed by atoms with Gasteiger partial charge in [-0.1, -0.05) is 0 Å². The van der Waals surface area contributed by atoms with Crippen molar-refractivity contribution in [3.8, 4) is 12.3 Å². The third-order valence-electron chi connectivity index (χ3n) is 1.52. The Morgan fingerprint density at radius 2 is 2.36 bits per heavy atom. The zero-order valence-corrected chi connectivity index (χ0v) is 7.45. The highest BCUT2D eigenvalue weighted by atomic mass is 16.4. The summed E-state index contributed by atoms with van der Waals surface area (Å²) in [5, 5.41) is 2.58. The summed E-state index contributed by atoms with van der Waals surface area (Å²) < 4.78 is 4.53. The third-order valence-corrected chi connectivity index (χ3v) is 1.52. The summed E-state index contributed by atoms with van der Waals surface area (Å²) >= 11 is 0. The normalized spacial score (nSPS) is 9.07. The third kappa shape index (κ3) is 2.79. The summed E-state index contributed by atoms with van der Waals surface area (Å²) in [7, 11) is 0. The lowest BCUT2D eigenvalue weighted by Crippen LogP contribution is -2.24. The first-order valence-electron chi connectivity index (χ1n) is 4.04. The highest BCUT2D eigenvalue weighted by Gasteiger charge is 2.04. The Labute approximate surface area is 80.9 Å². The van der Waals surface area contributed by atoms with E-state index in [1.54, 1.807) is 0 Å². The van der Waals surface area contributed by atoms with Crippen molar-refractivity contribution in [1.29, 1.82) is 0 Å². The molecule has 1 aromatic rings. The summed E-state index contributed by atoms with van der Waals surface area (Å²) in [5.41, 5.74) is -0.174. The predicted octanol–water partition coefficient (Wildman–Crippen LogP) is 0.393. The average molecular weight is 191 g/mol. The lowest BCUT2D eigenvalue weighted by molar-refractivity contribution is 0.0952. The first-order valence-corrected chi connectivity index (χ1v) is 4.04. The smallest absolute Gasteiger partial charge is 0.335 e. The first-order chi connectivity index (χ1) is 6.74. The average Bonchev–Trinajstić information content (AvgIpc) is 2.19. The Kier molecular flexibility index (Phi) is 3.50. The van der Waals surface area contributed by atoms with Crippen molar-refractivity contribution in [3.05, 3.63) is 34.4 Å². The molecule has 0 aromatic carbocycles. The van der Waals surface area contributed by atoms with Gasteiger partial charge in [0.1, 0.15) is 6.26 Å². The highest BCUT2D eigenvalue weighted by Crippen LogP contribution is 1.94. The van der Waals surface area contributed by atoms with E-state index in [2.05, 4.69) is 15.7 Å². The molecule has 0 aliphatic rings. The molecule has 1 N–H and O–H groups in total. The Morgan fingerprint density at radius 3 is 2.93 bits per heavy atom. The molecule has 0 saturated heterocycles. The van der Waals surface area contributed by atoms with Gasteiger partial charge in [-0.3, -0.25) is 4.79 Å². The summed E-state index contributed by atoms with van der Waals surface area (Å²) in [5.74, 6) is 2.09. The maximum Gasteiger partial charge on any atom is 0.335 e. The minimum Gasteiger partial charge on any atom is -0.430 e. The van der Waals surface area contributed by atoms with Gasteiger partial charge >= 0.3 is 5.63 Å². The molecule has 0 atom stereocenters. The number of hydrogen-bond donors (Lipinski definition) is 1. The van der Waals surface area contributed by atoms with Gasteiger partial charge in [0.25, 0.3) is 5.91 Å². The molecule has 4 nitrogen and oxygen atoms in total. The van der Waals surface area contributed by atoms with E-state index in [0.29, 0.717) is 18.5 Å². The number of nitrogens with one attached hydrogen (secondary N) is 1. The molecular weight excluding hydrogens is 182 g/mol. The Hall–Kier alpha value is -2.02. The Balaban J connectivity index is 2.58. The molecule has 1 aromatic heterocycles. The molecular formula is C10H9NO3. The van der Waals surface area contributed by atoms with Crippen LogP contribution in [0.3, 0.4) is 0 Å². The van der Waals surface area contributed by atoms with Crippen molar-refractivity contribution in [2.24, 2.45) is 0 Å². The maximum atomic E-state index is 11.3. The fourth-order valence-corrected chi connectivity index (χ4v) is 0.837.